The van der Waals surface area contributed by atoms with Crippen molar-refractivity contribution in [3.63, 3.8) is 0 Å². The molecule has 0 amide bonds. The number of halogens is 1. The van der Waals surface area contributed by atoms with Crippen molar-refractivity contribution in [1.82, 2.24) is 0 Å². The number of hydrogen-bond acceptors (Lipinski definition) is 4. The fourth-order valence-corrected chi connectivity index (χ4v) is 3.57. The van der Waals surface area contributed by atoms with Crippen LogP contribution in [-0.4, -0.2) is 17.3 Å². The number of carbonyl (C=O) groups excluding carboxylic acids is 3. The lowest BCUT2D eigenvalue weighted by Crippen LogP contribution is -2.35. The van der Waals surface area contributed by atoms with Crippen molar-refractivity contribution in [2.24, 2.45) is 5.92 Å². The van der Waals surface area contributed by atoms with Crippen molar-refractivity contribution in [2.75, 3.05) is 0 Å². The molecule has 1 fully saturated rings. The predicted molar refractivity (Wildman–Crippen MR) is 78.5 cm³/mol. The molecule has 1 aromatic carbocycles. The van der Waals surface area contributed by atoms with Gasteiger partial charge in [0.2, 0.25) is 0 Å². The van der Waals surface area contributed by atoms with Crippen molar-refractivity contribution in [3.05, 3.63) is 33.5 Å². The van der Waals surface area contributed by atoms with Crippen LogP contribution in [0.15, 0.2) is 22.9 Å². The van der Waals surface area contributed by atoms with Gasteiger partial charge in [-0.1, -0.05) is 11.6 Å². The Morgan fingerprint density at radius 2 is 1.70 bits per heavy atom. The fraction of sp³-hybridized carbons (Fsp3) is 0.267. The molecule has 2 aromatic rings. The van der Waals surface area contributed by atoms with Gasteiger partial charge >= 0.3 is 0 Å². The van der Waals surface area contributed by atoms with Gasteiger partial charge in [-0.2, -0.15) is 11.3 Å². The SMILES string of the molecule is O=C1CCCC(=O)C1C(=O)c1cc2cscc2cc1Cl. The van der Waals surface area contributed by atoms with Crippen LogP contribution in [0, 0.1) is 5.92 Å². The molecule has 5 heteroatoms. The van der Waals surface area contributed by atoms with Gasteiger partial charge in [0.1, 0.15) is 5.92 Å². The summed E-state index contributed by atoms with van der Waals surface area (Å²) >= 11 is 7.65. The van der Waals surface area contributed by atoms with Crippen LogP contribution in [-0.2, 0) is 9.59 Å². The third-order valence-electron chi connectivity index (χ3n) is 3.58. The highest BCUT2D eigenvalue weighted by Crippen LogP contribution is 2.30. The summed E-state index contributed by atoms with van der Waals surface area (Å²) in [6.07, 6.45) is 1.12. The second kappa shape index (κ2) is 5.11. The van der Waals surface area contributed by atoms with Gasteiger partial charge in [-0.25, -0.2) is 0 Å². The van der Waals surface area contributed by atoms with E-state index in [0.29, 0.717) is 24.3 Å². The molecular formula is C15H11ClO3S. The maximum atomic E-state index is 12.5. The number of benzene rings is 1. The molecule has 20 heavy (non-hydrogen) atoms. The van der Waals surface area contributed by atoms with Crippen molar-refractivity contribution in [3.8, 4) is 0 Å². The van der Waals surface area contributed by atoms with E-state index in [9.17, 15) is 14.4 Å². The van der Waals surface area contributed by atoms with Crippen LogP contribution in [0.4, 0.5) is 0 Å². The molecule has 1 aromatic heterocycles. The second-order valence-corrected chi connectivity index (χ2v) is 6.07. The highest BCUT2D eigenvalue weighted by molar-refractivity contribution is 7.09. The van der Waals surface area contributed by atoms with Crippen molar-refractivity contribution >= 4 is 51.1 Å². The standard InChI is InChI=1S/C15H11ClO3S/c16-11-5-9-7-20-6-8(9)4-10(11)15(19)14-12(17)2-1-3-13(14)18/h4-7,14H,1-3H2. The summed E-state index contributed by atoms with van der Waals surface area (Å²) in [5.74, 6) is -2.18. The Morgan fingerprint density at radius 1 is 1.10 bits per heavy atom. The van der Waals surface area contributed by atoms with Crippen molar-refractivity contribution in [1.29, 1.82) is 0 Å². The Kier molecular flexibility index (Phi) is 3.44. The highest BCUT2D eigenvalue weighted by Gasteiger charge is 2.37. The van der Waals surface area contributed by atoms with E-state index in [1.165, 1.54) is 11.3 Å². The smallest absolute Gasteiger partial charge is 0.182 e. The average Bonchev–Trinajstić information content (AvgIpc) is 2.84. The molecular weight excluding hydrogens is 296 g/mol. The monoisotopic (exact) mass is 306 g/mol. The van der Waals surface area contributed by atoms with Gasteiger partial charge in [-0.05, 0) is 40.1 Å². The Morgan fingerprint density at radius 3 is 2.35 bits per heavy atom. The number of hydrogen-bond donors (Lipinski definition) is 0. The Bertz CT molecular complexity index is 716. The van der Waals surface area contributed by atoms with E-state index in [1.807, 2.05) is 10.8 Å². The average molecular weight is 307 g/mol. The van der Waals surface area contributed by atoms with Crippen LogP contribution in [0.3, 0.4) is 0 Å². The molecule has 1 heterocycles. The highest BCUT2D eigenvalue weighted by atomic mass is 35.5. The molecule has 0 bridgehead atoms. The number of fused-ring (bicyclic) bond motifs is 1. The van der Waals surface area contributed by atoms with Gasteiger partial charge in [0.15, 0.2) is 17.3 Å². The first-order valence-corrected chi connectivity index (χ1v) is 7.65. The van der Waals surface area contributed by atoms with Crippen molar-refractivity contribution in [2.45, 2.75) is 19.3 Å². The minimum atomic E-state index is -1.16. The predicted octanol–water partition coefficient (Wildman–Crippen LogP) is 3.68. The lowest BCUT2D eigenvalue weighted by atomic mass is 9.81. The fourth-order valence-electron chi connectivity index (χ4n) is 2.53. The normalized spacial score (nSPS) is 16.9. The first-order valence-electron chi connectivity index (χ1n) is 6.33. The molecule has 0 N–H and O–H groups in total. The molecule has 0 unspecified atom stereocenters. The van der Waals surface area contributed by atoms with Gasteiger partial charge in [0.25, 0.3) is 0 Å². The summed E-state index contributed by atoms with van der Waals surface area (Å²) in [6.45, 7) is 0. The maximum Gasteiger partial charge on any atom is 0.182 e. The van der Waals surface area contributed by atoms with Crippen LogP contribution >= 0.6 is 22.9 Å². The molecule has 3 rings (SSSR count). The lowest BCUT2D eigenvalue weighted by Gasteiger charge is -2.18. The van der Waals surface area contributed by atoms with Gasteiger partial charge in [0, 0.05) is 18.4 Å². The van der Waals surface area contributed by atoms with Gasteiger partial charge in [0.05, 0.1) is 5.02 Å². The van der Waals surface area contributed by atoms with E-state index < -0.39 is 11.7 Å². The quantitative estimate of drug-likeness (QED) is 0.628. The van der Waals surface area contributed by atoms with Crippen LogP contribution in [0.25, 0.3) is 10.8 Å². The zero-order chi connectivity index (χ0) is 14.3. The molecule has 1 aliphatic carbocycles. The summed E-state index contributed by atoms with van der Waals surface area (Å²) in [7, 11) is 0. The van der Waals surface area contributed by atoms with Gasteiger partial charge < -0.3 is 0 Å². The molecule has 1 saturated carbocycles. The number of rotatable bonds is 2. The summed E-state index contributed by atoms with van der Waals surface area (Å²) in [4.78, 5) is 36.2. The van der Waals surface area contributed by atoms with E-state index in [1.54, 1.807) is 12.1 Å². The van der Waals surface area contributed by atoms with E-state index in [0.717, 1.165) is 10.8 Å². The Balaban J connectivity index is 2.05. The van der Waals surface area contributed by atoms with E-state index in [-0.39, 0.29) is 17.1 Å². The Hall–Kier alpha value is -1.52. The molecule has 102 valence electrons. The third kappa shape index (κ3) is 2.19. The van der Waals surface area contributed by atoms with E-state index in [4.69, 9.17) is 11.6 Å². The summed E-state index contributed by atoms with van der Waals surface area (Å²) in [5, 5.41) is 6.00. The van der Waals surface area contributed by atoms with Gasteiger partial charge in [-0.15, -0.1) is 0 Å². The van der Waals surface area contributed by atoms with Gasteiger partial charge in [-0.3, -0.25) is 14.4 Å². The number of Topliss-reactive ketones (excluding diaryl/α,β-unsaturated/α-hetero) is 3. The maximum absolute atomic E-state index is 12.5. The van der Waals surface area contributed by atoms with Crippen LogP contribution in [0.2, 0.25) is 5.02 Å². The number of thiophene rings is 1. The molecule has 0 saturated heterocycles. The summed E-state index contributed by atoms with van der Waals surface area (Å²) < 4.78 is 0. The van der Waals surface area contributed by atoms with Crippen molar-refractivity contribution < 1.29 is 14.4 Å². The largest absolute Gasteiger partial charge is 0.298 e. The van der Waals surface area contributed by atoms with Crippen LogP contribution < -0.4 is 0 Å². The first kappa shape index (κ1) is 13.5. The third-order valence-corrected chi connectivity index (χ3v) is 4.67. The zero-order valence-electron chi connectivity index (χ0n) is 10.5. The lowest BCUT2D eigenvalue weighted by molar-refractivity contribution is -0.133. The molecule has 0 spiro atoms. The molecule has 1 aliphatic rings. The minimum Gasteiger partial charge on any atom is -0.298 e. The summed E-state index contributed by atoms with van der Waals surface area (Å²) in [5.41, 5.74) is 0.270. The van der Waals surface area contributed by atoms with E-state index in [2.05, 4.69) is 0 Å². The molecule has 0 atom stereocenters. The van der Waals surface area contributed by atoms with Crippen LogP contribution in [0.5, 0.6) is 0 Å². The topological polar surface area (TPSA) is 51.2 Å². The van der Waals surface area contributed by atoms with Crippen LogP contribution in [0.1, 0.15) is 29.6 Å². The van der Waals surface area contributed by atoms with E-state index >= 15 is 0 Å². The molecule has 0 aliphatic heterocycles. The number of ketones is 3. The number of carbonyl (C=O) groups is 3. The summed E-state index contributed by atoms with van der Waals surface area (Å²) in [6, 6.07) is 3.38. The minimum absolute atomic E-state index is 0.270. The zero-order valence-corrected chi connectivity index (χ0v) is 12.1. The molecule has 3 nitrogen and oxygen atoms in total. The molecule has 0 radical (unpaired) electrons. The first-order chi connectivity index (χ1) is 9.58. The Labute approximate surface area is 124 Å². The second-order valence-electron chi connectivity index (χ2n) is 4.92.